The Balaban J connectivity index is 1.68. The van der Waals surface area contributed by atoms with Crippen molar-refractivity contribution < 1.29 is 26.4 Å². The molecule has 0 unspecified atom stereocenters. The summed E-state index contributed by atoms with van der Waals surface area (Å²) >= 11 is 0. The molecule has 1 aliphatic heterocycles. The van der Waals surface area contributed by atoms with Crippen molar-refractivity contribution in [3.63, 3.8) is 0 Å². The Morgan fingerprint density at radius 3 is 2.14 bits per heavy atom. The van der Waals surface area contributed by atoms with Gasteiger partial charge in [-0.05, 0) is 79.9 Å². The van der Waals surface area contributed by atoms with E-state index in [0.717, 1.165) is 34.5 Å². The molecule has 1 aromatic heterocycles. The third-order valence-corrected chi connectivity index (χ3v) is 9.96. The second-order valence-electron chi connectivity index (χ2n) is 11.1. The molecule has 0 saturated carbocycles. The molecule has 2 heterocycles. The molecule has 0 amide bonds. The van der Waals surface area contributed by atoms with Gasteiger partial charge in [0.25, 0.3) is 16.4 Å². The number of carbonyl (C=O) groups is 1. The highest BCUT2D eigenvalue weighted by molar-refractivity contribution is 7.90. The molecule has 0 aliphatic carbocycles. The fraction of sp³-hybridized carbons (Fsp3) is 0.206. The van der Waals surface area contributed by atoms with E-state index in [0.29, 0.717) is 35.3 Å². The highest BCUT2D eigenvalue weighted by Gasteiger charge is 2.33. The Bertz CT molecular complexity index is 1970. The van der Waals surface area contributed by atoms with Crippen molar-refractivity contribution >= 4 is 32.4 Å². The van der Waals surface area contributed by atoms with Gasteiger partial charge in [-0.25, -0.2) is 25.6 Å². The molecule has 0 radical (unpaired) electrons. The number of hydrogen-bond donors (Lipinski definition) is 0. The van der Waals surface area contributed by atoms with E-state index in [-0.39, 0.29) is 27.7 Å². The Kier molecular flexibility index (Phi) is 7.16. The topological polar surface area (TPSA) is 59.4 Å². The summed E-state index contributed by atoms with van der Waals surface area (Å²) in [6.45, 7) is 6.54. The van der Waals surface area contributed by atoms with Crippen LogP contribution in [0.25, 0.3) is 33.3 Å². The van der Waals surface area contributed by atoms with Crippen LogP contribution in [0.1, 0.15) is 30.0 Å². The average molecular weight is 603 g/mol. The third kappa shape index (κ3) is 4.91. The van der Waals surface area contributed by atoms with Crippen LogP contribution in [0, 0.1) is 25.6 Å². The van der Waals surface area contributed by atoms with E-state index in [2.05, 4.69) is 4.90 Å². The summed E-state index contributed by atoms with van der Waals surface area (Å²) in [5.41, 5.74) is 4.80. The summed E-state index contributed by atoms with van der Waals surface area (Å²) in [4.78, 5) is 13.7. The minimum absolute atomic E-state index is 0.0557. The first-order chi connectivity index (χ1) is 20.5. The lowest BCUT2D eigenvalue weighted by atomic mass is 9.91. The Morgan fingerprint density at radius 1 is 0.860 bits per heavy atom. The Morgan fingerprint density at radius 2 is 1.51 bits per heavy atom. The van der Waals surface area contributed by atoms with Crippen LogP contribution < -0.4 is 4.90 Å². The van der Waals surface area contributed by atoms with Gasteiger partial charge >= 0.3 is 0 Å². The zero-order chi connectivity index (χ0) is 30.6. The molecule has 5 aromatic rings. The quantitative estimate of drug-likeness (QED) is 0.190. The van der Waals surface area contributed by atoms with Gasteiger partial charge in [0.15, 0.2) is 0 Å². The van der Waals surface area contributed by atoms with Gasteiger partial charge in [-0.15, -0.1) is 0 Å². The van der Waals surface area contributed by atoms with Crippen LogP contribution >= 0.6 is 0 Å². The van der Waals surface area contributed by atoms with Gasteiger partial charge in [-0.3, -0.25) is 4.79 Å². The molecule has 6 rings (SSSR count). The largest absolute Gasteiger partial charge is 0.370 e. The highest BCUT2D eigenvalue weighted by atomic mass is 32.2. The van der Waals surface area contributed by atoms with Crippen LogP contribution in [0.3, 0.4) is 0 Å². The Labute approximate surface area is 248 Å². The predicted octanol–water partition coefficient (Wildman–Crippen LogP) is 7.93. The number of carbonyl (C=O) groups excluding carboxylic acids is 1. The van der Waals surface area contributed by atoms with Crippen molar-refractivity contribution in [1.29, 1.82) is 0 Å². The number of nitrogens with zero attached hydrogens (tertiary/aromatic N) is 2. The summed E-state index contributed by atoms with van der Waals surface area (Å²) in [5.74, 6) is -0.456. The van der Waals surface area contributed by atoms with Gasteiger partial charge in [0, 0.05) is 40.9 Å². The van der Waals surface area contributed by atoms with Crippen LogP contribution in [0.5, 0.6) is 0 Å². The van der Waals surface area contributed by atoms with Gasteiger partial charge < -0.3 is 4.90 Å². The molecule has 220 valence electrons. The summed E-state index contributed by atoms with van der Waals surface area (Å²) in [5, 5.41) is 0.408. The van der Waals surface area contributed by atoms with Crippen molar-refractivity contribution in [2.24, 2.45) is 5.92 Å². The number of aromatic nitrogens is 1. The number of fused-ring (bicyclic) bond motifs is 1. The number of Topliss-reactive ketones (excluding diaryl/α,β-unsaturated/α-hetero) is 1. The molecule has 9 heteroatoms. The third-order valence-electron chi connectivity index (χ3n) is 8.23. The number of aryl methyl sites for hydroxylation is 2. The molecule has 43 heavy (non-hydrogen) atoms. The lowest BCUT2D eigenvalue weighted by molar-refractivity contribution is -0.121. The molecule has 1 saturated heterocycles. The van der Waals surface area contributed by atoms with Crippen molar-refractivity contribution in [2.75, 3.05) is 18.0 Å². The summed E-state index contributed by atoms with van der Waals surface area (Å²) in [6.07, 6.45) is -2.75. The standard InChI is InChI=1S/C34H29F3N2O3S/c1-20-6-4-7-21(2)31(20)32-29-17-26(35)12-15-30(29)39(43(41,42)28-13-10-23(11-14-28)34(36)37)33(32)24-8-5-9-27(16-24)38-18-25(19-38)22(3)40/h4-17,25,34H,18-19H2,1-3H3. The van der Waals surface area contributed by atoms with E-state index in [1.807, 2.05) is 50.2 Å². The number of anilines is 1. The summed E-state index contributed by atoms with van der Waals surface area (Å²) < 4.78 is 71.6. The van der Waals surface area contributed by atoms with Crippen molar-refractivity contribution in [3.05, 3.63) is 107 Å². The molecule has 0 atom stereocenters. The van der Waals surface area contributed by atoms with Crippen LogP contribution in [-0.4, -0.2) is 31.3 Å². The fourth-order valence-electron chi connectivity index (χ4n) is 5.90. The highest BCUT2D eigenvalue weighted by Crippen LogP contribution is 2.46. The van der Waals surface area contributed by atoms with Crippen molar-refractivity contribution in [1.82, 2.24) is 3.97 Å². The van der Waals surface area contributed by atoms with Crippen LogP contribution in [0.15, 0.2) is 89.8 Å². The second-order valence-corrected chi connectivity index (χ2v) is 12.8. The van der Waals surface area contributed by atoms with Crippen molar-refractivity contribution in [2.45, 2.75) is 32.1 Å². The smallest absolute Gasteiger partial charge is 0.268 e. The lowest BCUT2D eigenvalue weighted by Crippen LogP contribution is -2.49. The zero-order valence-corrected chi connectivity index (χ0v) is 24.6. The van der Waals surface area contributed by atoms with E-state index < -0.39 is 22.3 Å². The van der Waals surface area contributed by atoms with Gasteiger partial charge in [0.05, 0.1) is 22.0 Å². The molecular formula is C34H29F3N2O3S. The fourth-order valence-corrected chi connectivity index (χ4v) is 7.44. The minimum Gasteiger partial charge on any atom is -0.370 e. The normalized spacial score (nSPS) is 14.0. The lowest BCUT2D eigenvalue weighted by Gasteiger charge is -2.39. The zero-order valence-electron chi connectivity index (χ0n) is 23.8. The molecule has 1 fully saturated rings. The Hall–Kier alpha value is -4.37. The van der Waals surface area contributed by atoms with E-state index in [1.165, 1.54) is 34.3 Å². The first kappa shape index (κ1) is 28.7. The maximum Gasteiger partial charge on any atom is 0.268 e. The monoisotopic (exact) mass is 602 g/mol. The molecule has 0 N–H and O–H groups in total. The number of rotatable bonds is 7. The van der Waals surface area contributed by atoms with Gasteiger partial charge in [-0.1, -0.05) is 42.5 Å². The first-order valence-corrected chi connectivity index (χ1v) is 15.3. The van der Waals surface area contributed by atoms with Gasteiger partial charge in [-0.2, -0.15) is 0 Å². The van der Waals surface area contributed by atoms with Crippen LogP contribution in [-0.2, 0) is 14.8 Å². The maximum absolute atomic E-state index is 14.9. The molecule has 5 nitrogen and oxygen atoms in total. The number of ketones is 1. The van der Waals surface area contributed by atoms with Gasteiger partial charge in [0.2, 0.25) is 0 Å². The molecule has 1 aliphatic rings. The predicted molar refractivity (Wildman–Crippen MR) is 163 cm³/mol. The summed E-state index contributed by atoms with van der Waals surface area (Å²) in [7, 11) is -4.37. The number of alkyl halides is 2. The molecule has 0 spiro atoms. The van der Waals surface area contributed by atoms with Crippen LogP contribution in [0.2, 0.25) is 0 Å². The summed E-state index contributed by atoms with van der Waals surface area (Å²) in [6, 6.07) is 21.7. The number of halogens is 3. The molecule has 0 bridgehead atoms. The molecular weight excluding hydrogens is 573 g/mol. The van der Waals surface area contributed by atoms with E-state index in [1.54, 1.807) is 13.0 Å². The van der Waals surface area contributed by atoms with E-state index in [4.69, 9.17) is 0 Å². The SMILES string of the molecule is CC(=O)C1CN(c2cccc(-c3c(-c4c(C)cccc4C)c4cc(F)ccc4n3S(=O)(=O)c3ccc(C(F)F)cc3)c2)C1. The van der Waals surface area contributed by atoms with Gasteiger partial charge in [0.1, 0.15) is 11.6 Å². The van der Waals surface area contributed by atoms with E-state index >= 15 is 0 Å². The molecule has 4 aromatic carbocycles. The van der Waals surface area contributed by atoms with Crippen molar-refractivity contribution in [3.8, 4) is 22.4 Å². The minimum atomic E-state index is -4.37. The maximum atomic E-state index is 14.9. The van der Waals surface area contributed by atoms with Crippen LogP contribution in [0.4, 0.5) is 18.9 Å². The number of hydrogen-bond acceptors (Lipinski definition) is 4. The second kappa shape index (κ2) is 10.7. The van der Waals surface area contributed by atoms with E-state index in [9.17, 15) is 26.4 Å². The average Bonchev–Trinajstić information content (AvgIpc) is 3.27. The number of benzene rings is 4. The first-order valence-electron chi connectivity index (χ1n) is 13.9.